The lowest BCUT2D eigenvalue weighted by molar-refractivity contribution is -0.115. The van der Waals surface area contributed by atoms with Gasteiger partial charge in [-0.25, -0.2) is 0 Å². The lowest BCUT2D eigenvalue weighted by Gasteiger charge is -2.09. The minimum Gasteiger partial charge on any atom is -0.494 e. The molecule has 2 N–H and O–H groups in total. The number of anilines is 2. The fourth-order valence-electron chi connectivity index (χ4n) is 2.55. The summed E-state index contributed by atoms with van der Waals surface area (Å²) in [4.78, 5) is 23.9. The molecule has 27 heavy (non-hydrogen) atoms. The Bertz CT molecular complexity index is 741. The summed E-state index contributed by atoms with van der Waals surface area (Å²) in [5.74, 6) is 0.500. The van der Waals surface area contributed by atoms with Gasteiger partial charge in [-0.05, 0) is 48.9 Å². The summed E-state index contributed by atoms with van der Waals surface area (Å²) in [5, 5.41) is 5.62. The Hall–Kier alpha value is -2.82. The third kappa shape index (κ3) is 7.13. The zero-order chi connectivity index (χ0) is 19.5. The molecule has 2 rings (SSSR count). The molecule has 0 fully saturated rings. The standard InChI is InChI=1S/C22H28N2O3/c1-3-5-6-7-15-27-20-13-11-17(12-14-20)22(26)24-19-10-8-9-18(16-19)23-21(25)4-2/h8-14,16H,3-7,15H2,1-2H3,(H,23,25)(H,24,26). The second-order valence-electron chi connectivity index (χ2n) is 6.37. The van der Waals surface area contributed by atoms with Gasteiger partial charge in [0.25, 0.3) is 5.91 Å². The number of carbonyl (C=O) groups excluding carboxylic acids is 2. The second-order valence-corrected chi connectivity index (χ2v) is 6.37. The molecule has 0 heterocycles. The minimum absolute atomic E-state index is 0.0660. The van der Waals surface area contributed by atoms with Crippen LogP contribution in [0.1, 0.15) is 56.3 Å². The maximum atomic E-state index is 12.4. The quantitative estimate of drug-likeness (QED) is 0.563. The maximum Gasteiger partial charge on any atom is 0.255 e. The summed E-state index contributed by atoms with van der Waals surface area (Å²) in [6.45, 7) is 4.67. The average molecular weight is 368 g/mol. The Morgan fingerprint density at radius 1 is 0.889 bits per heavy atom. The molecular weight excluding hydrogens is 340 g/mol. The molecule has 2 aromatic rings. The largest absolute Gasteiger partial charge is 0.494 e. The third-order valence-electron chi connectivity index (χ3n) is 4.11. The summed E-state index contributed by atoms with van der Waals surface area (Å²) >= 11 is 0. The van der Waals surface area contributed by atoms with E-state index < -0.39 is 0 Å². The predicted octanol–water partition coefficient (Wildman–Crippen LogP) is 5.25. The summed E-state index contributed by atoms with van der Waals surface area (Å²) in [5.41, 5.74) is 1.84. The van der Waals surface area contributed by atoms with Gasteiger partial charge in [0.2, 0.25) is 5.91 Å². The minimum atomic E-state index is -0.205. The van der Waals surface area contributed by atoms with Gasteiger partial charge in [-0.3, -0.25) is 9.59 Å². The maximum absolute atomic E-state index is 12.4. The fourth-order valence-corrected chi connectivity index (χ4v) is 2.55. The predicted molar refractivity (Wildman–Crippen MR) is 109 cm³/mol. The van der Waals surface area contributed by atoms with Crippen LogP contribution in [0.4, 0.5) is 11.4 Å². The van der Waals surface area contributed by atoms with Crippen LogP contribution < -0.4 is 15.4 Å². The van der Waals surface area contributed by atoms with Gasteiger partial charge in [-0.1, -0.05) is 39.2 Å². The SMILES string of the molecule is CCCCCCOc1ccc(C(=O)Nc2cccc(NC(=O)CC)c2)cc1. The van der Waals surface area contributed by atoms with Crippen LogP contribution >= 0.6 is 0 Å². The summed E-state index contributed by atoms with van der Waals surface area (Å²) in [6.07, 6.45) is 5.06. The van der Waals surface area contributed by atoms with Crippen molar-refractivity contribution in [3.05, 3.63) is 54.1 Å². The molecule has 0 saturated carbocycles. The van der Waals surface area contributed by atoms with Crippen LogP contribution in [0.25, 0.3) is 0 Å². The molecular formula is C22H28N2O3. The number of hydrogen-bond acceptors (Lipinski definition) is 3. The number of rotatable bonds is 10. The lowest BCUT2D eigenvalue weighted by atomic mass is 10.2. The number of amides is 2. The van der Waals surface area contributed by atoms with Crippen molar-refractivity contribution in [1.29, 1.82) is 0 Å². The molecule has 0 atom stereocenters. The number of benzene rings is 2. The Morgan fingerprint density at radius 2 is 1.59 bits per heavy atom. The molecule has 144 valence electrons. The molecule has 0 aromatic heterocycles. The first kappa shape index (κ1) is 20.5. The van der Waals surface area contributed by atoms with Gasteiger partial charge < -0.3 is 15.4 Å². The zero-order valence-corrected chi connectivity index (χ0v) is 16.1. The van der Waals surface area contributed by atoms with Crippen molar-refractivity contribution >= 4 is 23.2 Å². The highest BCUT2D eigenvalue weighted by Crippen LogP contribution is 2.18. The van der Waals surface area contributed by atoms with Gasteiger partial charge in [0.15, 0.2) is 0 Å². The Labute approximate surface area is 161 Å². The number of nitrogens with one attached hydrogen (secondary N) is 2. The number of hydrogen-bond donors (Lipinski definition) is 2. The summed E-state index contributed by atoms with van der Waals surface area (Å²) in [6, 6.07) is 14.2. The highest BCUT2D eigenvalue weighted by atomic mass is 16.5. The van der Waals surface area contributed by atoms with Gasteiger partial charge in [-0.15, -0.1) is 0 Å². The van der Waals surface area contributed by atoms with E-state index in [-0.39, 0.29) is 11.8 Å². The van der Waals surface area contributed by atoms with Crippen molar-refractivity contribution in [2.45, 2.75) is 46.0 Å². The second kappa shape index (κ2) is 11.0. The van der Waals surface area contributed by atoms with E-state index in [1.54, 1.807) is 43.3 Å². The van der Waals surface area contributed by atoms with E-state index >= 15 is 0 Å². The number of ether oxygens (including phenoxy) is 1. The Kier molecular flexibility index (Phi) is 8.36. The smallest absolute Gasteiger partial charge is 0.255 e. The van der Waals surface area contributed by atoms with Crippen LogP contribution in [0, 0.1) is 0 Å². The molecule has 2 aromatic carbocycles. The van der Waals surface area contributed by atoms with Crippen molar-refractivity contribution in [1.82, 2.24) is 0 Å². The fraction of sp³-hybridized carbons (Fsp3) is 0.364. The molecule has 0 aliphatic rings. The van der Waals surface area contributed by atoms with Crippen molar-refractivity contribution < 1.29 is 14.3 Å². The van der Waals surface area contributed by atoms with Crippen molar-refractivity contribution in [2.75, 3.05) is 17.2 Å². The molecule has 0 bridgehead atoms. The van der Waals surface area contributed by atoms with Crippen LogP contribution in [0.15, 0.2) is 48.5 Å². The summed E-state index contributed by atoms with van der Waals surface area (Å²) < 4.78 is 5.70. The third-order valence-corrected chi connectivity index (χ3v) is 4.11. The number of carbonyl (C=O) groups is 2. The van der Waals surface area contributed by atoms with Gasteiger partial charge >= 0.3 is 0 Å². The van der Waals surface area contributed by atoms with E-state index in [1.807, 2.05) is 12.1 Å². The molecule has 0 radical (unpaired) electrons. The van der Waals surface area contributed by atoms with E-state index in [4.69, 9.17) is 4.74 Å². The molecule has 0 saturated heterocycles. The normalized spacial score (nSPS) is 10.3. The highest BCUT2D eigenvalue weighted by molar-refractivity contribution is 6.04. The van der Waals surface area contributed by atoms with E-state index in [0.29, 0.717) is 30.0 Å². The molecule has 0 aliphatic heterocycles. The van der Waals surface area contributed by atoms with E-state index in [0.717, 1.165) is 12.2 Å². The van der Waals surface area contributed by atoms with Gasteiger partial charge in [0, 0.05) is 23.4 Å². The van der Waals surface area contributed by atoms with Crippen LogP contribution in [0.2, 0.25) is 0 Å². The zero-order valence-electron chi connectivity index (χ0n) is 16.1. The average Bonchev–Trinajstić information content (AvgIpc) is 2.68. The first-order valence-corrected chi connectivity index (χ1v) is 9.56. The van der Waals surface area contributed by atoms with Gasteiger partial charge in [-0.2, -0.15) is 0 Å². The molecule has 0 spiro atoms. The van der Waals surface area contributed by atoms with E-state index in [2.05, 4.69) is 17.6 Å². The Morgan fingerprint density at radius 3 is 2.26 bits per heavy atom. The van der Waals surface area contributed by atoms with Crippen LogP contribution in [-0.2, 0) is 4.79 Å². The monoisotopic (exact) mass is 368 g/mol. The molecule has 0 unspecified atom stereocenters. The van der Waals surface area contributed by atoms with E-state index in [9.17, 15) is 9.59 Å². The van der Waals surface area contributed by atoms with E-state index in [1.165, 1.54) is 19.3 Å². The molecule has 5 nitrogen and oxygen atoms in total. The van der Waals surface area contributed by atoms with Crippen LogP contribution in [0.3, 0.4) is 0 Å². The molecule has 0 aliphatic carbocycles. The first-order valence-electron chi connectivity index (χ1n) is 9.56. The van der Waals surface area contributed by atoms with Gasteiger partial charge in [0.1, 0.15) is 5.75 Å². The van der Waals surface area contributed by atoms with Crippen LogP contribution in [-0.4, -0.2) is 18.4 Å². The summed E-state index contributed by atoms with van der Waals surface area (Å²) in [7, 11) is 0. The topological polar surface area (TPSA) is 67.4 Å². The lowest BCUT2D eigenvalue weighted by Crippen LogP contribution is -2.13. The van der Waals surface area contributed by atoms with Crippen molar-refractivity contribution in [3.63, 3.8) is 0 Å². The molecule has 2 amide bonds. The van der Waals surface area contributed by atoms with Gasteiger partial charge in [0.05, 0.1) is 6.61 Å². The Balaban J connectivity index is 1.88. The highest BCUT2D eigenvalue weighted by Gasteiger charge is 2.07. The first-order chi connectivity index (χ1) is 13.1. The van der Waals surface area contributed by atoms with Crippen molar-refractivity contribution in [3.8, 4) is 5.75 Å². The number of unbranched alkanes of at least 4 members (excludes halogenated alkanes) is 3. The van der Waals surface area contributed by atoms with Crippen molar-refractivity contribution in [2.24, 2.45) is 0 Å². The van der Waals surface area contributed by atoms with Crippen LogP contribution in [0.5, 0.6) is 5.75 Å². The molecule has 5 heteroatoms.